The number of methoxy groups -OCH3 is 1. The fourth-order valence-electron chi connectivity index (χ4n) is 1.70. The number of carbonyl (C=O) groups is 1. The van der Waals surface area contributed by atoms with Crippen molar-refractivity contribution in [2.75, 3.05) is 33.3 Å². The number of nitrogens with zero attached hydrogens (tertiary/aromatic N) is 1. The van der Waals surface area contributed by atoms with Gasteiger partial charge in [-0.05, 0) is 6.42 Å². The van der Waals surface area contributed by atoms with Gasteiger partial charge in [0.1, 0.15) is 6.04 Å². The van der Waals surface area contributed by atoms with Crippen molar-refractivity contribution in [3.8, 4) is 0 Å². The molecular weight excluding hydrogens is 168 g/mol. The van der Waals surface area contributed by atoms with Crippen molar-refractivity contribution in [3.05, 3.63) is 0 Å². The van der Waals surface area contributed by atoms with Gasteiger partial charge in [-0.2, -0.15) is 0 Å². The molecule has 1 fully saturated rings. The molecule has 0 unspecified atom stereocenters. The molecule has 13 heavy (non-hydrogen) atoms. The molecule has 0 radical (unpaired) electrons. The average Bonchev–Trinajstić information content (AvgIpc) is 2.20. The Hall–Kier alpha value is -0.610. The van der Waals surface area contributed by atoms with Gasteiger partial charge in [0.2, 0.25) is 0 Å². The van der Waals surface area contributed by atoms with Crippen LogP contribution >= 0.6 is 0 Å². The number of piperazine rings is 1. The highest BCUT2D eigenvalue weighted by molar-refractivity contribution is 5.75. The largest absolute Gasteiger partial charge is 0.468 e. The SMILES string of the molecule is CC[C@H](C(=O)OC)N1CCNCC1. The lowest BCUT2D eigenvalue weighted by molar-refractivity contribution is -0.147. The van der Waals surface area contributed by atoms with E-state index in [0.29, 0.717) is 0 Å². The van der Waals surface area contributed by atoms with Crippen LogP contribution in [0.15, 0.2) is 0 Å². The van der Waals surface area contributed by atoms with E-state index >= 15 is 0 Å². The van der Waals surface area contributed by atoms with E-state index in [2.05, 4.69) is 10.2 Å². The fourth-order valence-corrected chi connectivity index (χ4v) is 1.70. The number of esters is 1. The summed E-state index contributed by atoms with van der Waals surface area (Å²) in [6, 6.07) is -0.0490. The van der Waals surface area contributed by atoms with Gasteiger partial charge >= 0.3 is 5.97 Å². The Bertz CT molecular complexity index is 167. The number of hydrogen-bond donors (Lipinski definition) is 1. The monoisotopic (exact) mass is 186 g/mol. The van der Waals surface area contributed by atoms with Gasteiger partial charge in [-0.25, -0.2) is 0 Å². The Labute approximate surface area is 79.2 Å². The molecule has 0 aromatic carbocycles. The number of carbonyl (C=O) groups excluding carboxylic acids is 1. The number of rotatable bonds is 3. The quantitative estimate of drug-likeness (QED) is 0.622. The summed E-state index contributed by atoms with van der Waals surface area (Å²) in [5, 5.41) is 3.26. The average molecular weight is 186 g/mol. The van der Waals surface area contributed by atoms with E-state index in [4.69, 9.17) is 4.74 Å². The minimum Gasteiger partial charge on any atom is -0.468 e. The molecule has 0 aromatic rings. The maximum Gasteiger partial charge on any atom is 0.323 e. The highest BCUT2D eigenvalue weighted by Crippen LogP contribution is 2.06. The number of nitrogens with one attached hydrogen (secondary N) is 1. The fraction of sp³-hybridized carbons (Fsp3) is 0.889. The normalized spacial score (nSPS) is 21.1. The molecule has 0 aromatic heterocycles. The third-order valence-corrected chi connectivity index (χ3v) is 2.45. The van der Waals surface area contributed by atoms with Crippen molar-refractivity contribution >= 4 is 5.97 Å². The molecule has 1 heterocycles. The van der Waals surface area contributed by atoms with Crippen molar-refractivity contribution in [2.45, 2.75) is 19.4 Å². The maximum atomic E-state index is 11.4. The molecule has 0 bridgehead atoms. The van der Waals surface area contributed by atoms with Gasteiger partial charge in [-0.3, -0.25) is 9.69 Å². The standard InChI is InChI=1S/C9H18N2O2/c1-3-8(9(12)13-2)11-6-4-10-5-7-11/h8,10H,3-7H2,1-2H3/t8-/m1/s1. The molecule has 1 rings (SSSR count). The van der Waals surface area contributed by atoms with E-state index in [-0.39, 0.29) is 12.0 Å². The van der Waals surface area contributed by atoms with Crippen molar-refractivity contribution in [2.24, 2.45) is 0 Å². The summed E-state index contributed by atoms with van der Waals surface area (Å²) < 4.78 is 4.76. The molecular formula is C9H18N2O2. The van der Waals surface area contributed by atoms with E-state index in [1.165, 1.54) is 7.11 Å². The Morgan fingerprint density at radius 3 is 2.62 bits per heavy atom. The van der Waals surface area contributed by atoms with Crippen LogP contribution in [0.25, 0.3) is 0 Å². The lowest BCUT2D eigenvalue weighted by Gasteiger charge is -2.32. The number of ether oxygens (including phenoxy) is 1. The highest BCUT2D eigenvalue weighted by Gasteiger charge is 2.25. The van der Waals surface area contributed by atoms with Crippen molar-refractivity contribution < 1.29 is 9.53 Å². The van der Waals surface area contributed by atoms with Crippen molar-refractivity contribution in [3.63, 3.8) is 0 Å². The summed E-state index contributed by atoms with van der Waals surface area (Å²) in [6.07, 6.45) is 0.826. The Kier molecular flexibility index (Phi) is 4.18. The molecule has 0 aliphatic carbocycles. The van der Waals surface area contributed by atoms with Gasteiger partial charge in [0, 0.05) is 26.2 Å². The summed E-state index contributed by atoms with van der Waals surface area (Å²) in [4.78, 5) is 13.5. The molecule has 1 saturated heterocycles. The second-order valence-electron chi connectivity index (χ2n) is 3.23. The summed E-state index contributed by atoms with van der Waals surface area (Å²) >= 11 is 0. The first kappa shape index (κ1) is 10.5. The van der Waals surface area contributed by atoms with Crippen LogP contribution in [0.5, 0.6) is 0 Å². The summed E-state index contributed by atoms with van der Waals surface area (Å²) in [6.45, 7) is 5.83. The molecule has 0 spiro atoms. The van der Waals surface area contributed by atoms with E-state index in [1.54, 1.807) is 0 Å². The van der Waals surface area contributed by atoms with Crippen LogP contribution in [0, 0.1) is 0 Å². The molecule has 0 amide bonds. The zero-order valence-corrected chi connectivity index (χ0v) is 8.38. The van der Waals surface area contributed by atoms with Gasteiger partial charge in [0.25, 0.3) is 0 Å². The Balaban J connectivity index is 2.48. The van der Waals surface area contributed by atoms with Gasteiger partial charge in [-0.1, -0.05) is 6.92 Å². The van der Waals surface area contributed by atoms with Gasteiger partial charge in [0.15, 0.2) is 0 Å². The molecule has 1 N–H and O–H groups in total. The van der Waals surface area contributed by atoms with Crippen LogP contribution in [0.3, 0.4) is 0 Å². The summed E-state index contributed by atoms with van der Waals surface area (Å²) in [5.41, 5.74) is 0. The maximum absolute atomic E-state index is 11.4. The first-order valence-corrected chi connectivity index (χ1v) is 4.82. The van der Waals surface area contributed by atoms with Crippen LogP contribution < -0.4 is 5.32 Å². The number of hydrogen-bond acceptors (Lipinski definition) is 4. The first-order chi connectivity index (χ1) is 6.29. The van der Waals surface area contributed by atoms with Crippen LogP contribution in [-0.2, 0) is 9.53 Å². The van der Waals surface area contributed by atoms with Gasteiger partial charge < -0.3 is 10.1 Å². The Morgan fingerprint density at radius 1 is 1.54 bits per heavy atom. The molecule has 76 valence electrons. The third kappa shape index (κ3) is 2.67. The summed E-state index contributed by atoms with van der Waals surface area (Å²) in [7, 11) is 1.45. The van der Waals surface area contributed by atoms with E-state index in [9.17, 15) is 4.79 Å². The second-order valence-corrected chi connectivity index (χ2v) is 3.23. The highest BCUT2D eigenvalue weighted by atomic mass is 16.5. The van der Waals surface area contributed by atoms with E-state index < -0.39 is 0 Å². The summed E-state index contributed by atoms with van der Waals surface area (Å²) in [5.74, 6) is -0.107. The minimum atomic E-state index is -0.107. The molecule has 1 aliphatic rings. The van der Waals surface area contributed by atoms with Crippen molar-refractivity contribution in [1.29, 1.82) is 0 Å². The second kappa shape index (κ2) is 5.19. The van der Waals surface area contributed by atoms with Gasteiger partial charge in [-0.15, -0.1) is 0 Å². The van der Waals surface area contributed by atoms with Gasteiger partial charge in [0.05, 0.1) is 7.11 Å². The lowest BCUT2D eigenvalue weighted by Crippen LogP contribution is -2.51. The molecule has 1 atom stereocenters. The predicted molar refractivity (Wildman–Crippen MR) is 50.5 cm³/mol. The molecule has 4 nitrogen and oxygen atoms in total. The van der Waals surface area contributed by atoms with Crippen LogP contribution in [0.2, 0.25) is 0 Å². The first-order valence-electron chi connectivity index (χ1n) is 4.82. The predicted octanol–water partition coefficient (Wildman–Crippen LogP) is -0.157. The van der Waals surface area contributed by atoms with Crippen LogP contribution in [0.4, 0.5) is 0 Å². The molecule has 0 saturated carbocycles. The third-order valence-electron chi connectivity index (χ3n) is 2.45. The van der Waals surface area contributed by atoms with Crippen molar-refractivity contribution in [1.82, 2.24) is 10.2 Å². The van der Waals surface area contributed by atoms with E-state index in [1.807, 2.05) is 6.92 Å². The van der Waals surface area contributed by atoms with E-state index in [0.717, 1.165) is 32.6 Å². The zero-order chi connectivity index (χ0) is 9.68. The molecule has 1 aliphatic heterocycles. The topological polar surface area (TPSA) is 41.6 Å². The molecule has 4 heteroatoms. The lowest BCUT2D eigenvalue weighted by atomic mass is 10.1. The minimum absolute atomic E-state index is 0.0490. The zero-order valence-electron chi connectivity index (χ0n) is 8.38. The van der Waals surface area contributed by atoms with Crippen LogP contribution in [0.1, 0.15) is 13.3 Å². The Morgan fingerprint density at radius 2 is 2.15 bits per heavy atom. The smallest absolute Gasteiger partial charge is 0.323 e. The van der Waals surface area contributed by atoms with Crippen LogP contribution in [-0.4, -0.2) is 50.2 Å².